The van der Waals surface area contributed by atoms with Crippen LogP contribution in [0, 0.1) is 5.82 Å². The minimum atomic E-state index is -4.41. The van der Waals surface area contributed by atoms with Gasteiger partial charge in [-0.15, -0.1) is 12.4 Å². The summed E-state index contributed by atoms with van der Waals surface area (Å²) in [6, 6.07) is 21.6. The van der Waals surface area contributed by atoms with Gasteiger partial charge in [0.2, 0.25) is 0 Å². The predicted octanol–water partition coefficient (Wildman–Crippen LogP) is 7.95. The lowest BCUT2D eigenvalue weighted by Gasteiger charge is -2.17. The van der Waals surface area contributed by atoms with Gasteiger partial charge < -0.3 is 10.1 Å². The fourth-order valence-corrected chi connectivity index (χ4v) is 3.91. The number of alkyl halides is 3. The van der Waals surface area contributed by atoms with Crippen LogP contribution >= 0.6 is 12.4 Å². The molecule has 0 fully saturated rings. The molecule has 0 saturated carbocycles. The highest BCUT2D eigenvalue weighted by Gasteiger charge is 2.30. The fraction of sp³-hybridized carbons (Fsp3) is 0.185. The molecule has 0 unspecified atom stereocenters. The van der Waals surface area contributed by atoms with Gasteiger partial charge in [-0.3, -0.25) is 0 Å². The minimum absolute atomic E-state index is 0. The summed E-state index contributed by atoms with van der Waals surface area (Å²) >= 11 is 0. The molecule has 178 valence electrons. The standard InChI is InChI=1S/C27H23F4NO.ClH/c1-17(19-10-11-25(28)26(15-19)33-2)32-16-18-12-20-6-3-4-9-23(20)24(13-18)21-7-5-8-22(14-21)27(29,30)31;/h3-15,17,32H,16H2,1-2H3;1H/t17-;/m1./s1. The number of nitrogens with one attached hydrogen (secondary N) is 1. The van der Waals surface area contributed by atoms with Crippen molar-refractivity contribution in [3.8, 4) is 16.9 Å². The van der Waals surface area contributed by atoms with Crippen molar-refractivity contribution in [3.63, 3.8) is 0 Å². The van der Waals surface area contributed by atoms with Gasteiger partial charge in [0.05, 0.1) is 12.7 Å². The van der Waals surface area contributed by atoms with Crippen LogP contribution in [-0.4, -0.2) is 7.11 Å². The highest BCUT2D eigenvalue weighted by atomic mass is 35.5. The average Bonchev–Trinajstić information content (AvgIpc) is 2.81. The third-order valence-corrected chi connectivity index (χ3v) is 5.71. The first kappa shape index (κ1) is 25.5. The lowest BCUT2D eigenvalue weighted by molar-refractivity contribution is -0.137. The van der Waals surface area contributed by atoms with E-state index in [4.69, 9.17) is 4.74 Å². The van der Waals surface area contributed by atoms with E-state index in [1.54, 1.807) is 18.2 Å². The highest BCUT2D eigenvalue weighted by molar-refractivity contribution is 5.97. The van der Waals surface area contributed by atoms with Crippen LogP contribution in [0.4, 0.5) is 17.6 Å². The number of methoxy groups -OCH3 is 1. The van der Waals surface area contributed by atoms with Crippen LogP contribution in [0.5, 0.6) is 5.75 Å². The number of fused-ring (bicyclic) bond motifs is 1. The molecule has 34 heavy (non-hydrogen) atoms. The first-order valence-electron chi connectivity index (χ1n) is 10.5. The van der Waals surface area contributed by atoms with Crippen molar-refractivity contribution in [3.05, 3.63) is 101 Å². The molecule has 0 heterocycles. The number of halogens is 5. The van der Waals surface area contributed by atoms with E-state index in [1.165, 1.54) is 25.3 Å². The lowest BCUT2D eigenvalue weighted by atomic mass is 9.94. The Morgan fingerprint density at radius 1 is 0.912 bits per heavy atom. The van der Waals surface area contributed by atoms with E-state index in [-0.39, 0.29) is 24.2 Å². The predicted molar refractivity (Wildman–Crippen MR) is 130 cm³/mol. The van der Waals surface area contributed by atoms with E-state index < -0.39 is 17.6 Å². The van der Waals surface area contributed by atoms with Gasteiger partial charge in [0, 0.05) is 12.6 Å². The van der Waals surface area contributed by atoms with Gasteiger partial charge in [-0.05, 0) is 76.3 Å². The number of hydrogen-bond donors (Lipinski definition) is 1. The maximum atomic E-state index is 13.7. The molecule has 0 aliphatic rings. The fourth-order valence-electron chi connectivity index (χ4n) is 3.91. The summed E-state index contributed by atoms with van der Waals surface area (Å²) in [6.45, 7) is 2.44. The molecule has 0 aliphatic carbocycles. The molecule has 1 atom stereocenters. The summed E-state index contributed by atoms with van der Waals surface area (Å²) in [5.74, 6) is -0.243. The summed E-state index contributed by atoms with van der Waals surface area (Å²) in [4.78, 5) is 0. The Balaban J connectivity index is 0.00000324. The minimum Gasteiger partial charge on any atom is -0.494 e. The molecule has 7 heteroatoms. The molecular formula is C27H24ClF4NO. The first-order valence-corrected chi connectivity index (χ1v) is 10.5. The largest absolute Gasteiger partial charge is 0.494 e. The Bertz CT molecular complexity index is 1290. The van der Waals surface area contributed by atoms with E-state index in [2.05, 4.69) is 5.32 Å². The van der Waals surface area contributed by atoms with Gasteiger partial charge in [0.15, 0.2) is 11.6 Å². The van der Waals surface area contributed by atoms with E-state index >= 15 is 0 Å². The van der Waals surface area contributed by atoms with Crippen molar-refractivity contribution in [2.75, 3.05) is 7.11 Å². The number of hydrogen-bond acceptors (Lipinski definition) is 2. The quantitative estimate of drug-likeness (QED) is 0.277. The zero-order valence-electron chi connectivity index (χ0n) is 18.6. The Hall–Kier alpha value is -3.09. The Labute approximate surface area is 202 Å². The smallest absolute Gasteiger partial charge is 0.416 e. The van der Waals surface area contributed by atoms with Crippen LogP contribution in [0.15, 0.2) is 78.9 Å². The maximum absolute atomic E-state index is 13.7. The molecule has 4 aromatic rings. The van der Waals surface area contributed by atoms with Gasteiger partial charge in [-0.25, -0.2) is 4.39 Å². The third kappa shape index (κ3) is 5.51. The van der Waals surface area contributed by atoms with Gasteiger partial charge in [-0.2, -0.15) is 13.2 Å². The molecule has 0 aliphatic heterocycles. The van der Waals surface area contributed by atoms with Crippen molar-refractivity contribution < 1.29 is 22.3 Å². The van der Waals surface area contributed by atoms with Crippen molar-refractivity contribution in [1.82, 2.24) is 5.32 Å². The Kier molecular flexibility index (Phi) is 7.85. The zero-order chi connectivity index (χ0) is 23.6. The zero-order valence-corrected chi connectivity index (χ0v) is 19.4. The number of rotatable bonds is 6. The van der Waals surface area contributed by atoms with Gasteiger partial charge in [0.25, 0.3) is 0 Å². The molecule has 0 spiro atoms. The summed E-state index contributed by atoms with van der Waals surface area (Å²) in [6.07, 6.45) is -4.41. The molecule has 0 bridgehead atoms. The molecule has 4 aromatic carbocycles. The second-order valence-corrected chi connectivity index (χ2v) is 7.94. The van der Waals surface area contributed by atoms with Gasteiger partial charge >= 0.3 is 6.18 Å². The Morgan fingerprint density at radius 2 is 1.68 bits per heavy atom. The average molecular weight is 490 g/mol. The van der Waals surface area contributed by atoms with Crippen molar-refractivity contribution in [1.29, 1.82) is 0 Å². The van der Waals surface area contributed by atoms with Crippen molar-refractivity contribution >= 4 is 23.2 Å². The van der Waals surface area contributed by atoms with E-state index in [0.29, 0.717) is 12.1 Å². The topological polar surface area (TPSA) is 21.3 Å². The summed E-state index contributed by atoms with van der Waals surface area (Å²) in [5.41, 5.74) is 2.38. The number of ether oxygens (including phenoxy) is 1. The SMILES string of the molecule is COc1cc([C@@H](C)NCc2cc(-c3cccc(C(F)(F)F)c3)c3ccccc3c2)ccc1F.Cl. The molecule has 0 aromatic heterocycles. The molecule has 0 saturated heterocycles. The lowest BCUT2D eigenvalue weighted by Crippen LogP contribution is -2.18. The molecule has 0 amide bonds. The summed E-state index contributed by atoms with van der Waals surface area (Å²) in [5, 5.41) is 5.24. The molecular weight excluding hydrogens is 466 g/mol. The summed E-state index contributed by atoms with van der Waals surface area (Å²) in [7, 11) is 1.42. The van der Waals surface area contributed by atoms with Gasteiger partial charge in [0.1, 0.15) is 0 Å². The van der Waals surface area contributed by atoms with Crippen LogP contribution in [0.1, 0.15) is 29.7 Å². The second-order valence-electron chi connectivity index (χ2n) is 7.94. The highest BCUT2D eigenvalue weighted by Crippen LogP contribution is 2.35. The van der Waals surface area contributed by atoms with E-state index in [0.717, 1.165) is 33.5 Å². The van der Waals surface area contributed by atoms with Crippen LogP contribution in [0.25, 0.3) is 21.9 Å². The normalized spacial score (nSPS) is 12.3. The van der Waals surface area contributed by atoms with Crippen LogP contribution in [-0.2, 0) is 12.7 Å². The second kappa shape index (κ2) is 10.5. The van der Waals surface area contributed by atoms with E-state index in [1.807, 2.05) is 43.3 Å². The van der Waals surface area contributed by atoms with Crippen LogP contribution in [0.3, 0.4) is 0 Å². The Morgan fingerprint density at radius 3 is 2.41 bits per heavy atom. The van der Waals surface area contributed by atoms with Gasteiger partial charge in [-0.1, -0.05) is 42.5 Å². The first-order chi connectivity index (χ1) is 15.8. The van der Waals surface area contributed by atoms with E-state index in [9.17, 15) is 17.6 Å². The third-order valence-electron chi connectivity index (χ3n) is 5.71. The van der Waals surface area contributed by atoms with Crippen molar-refractivity contribution in [2.45, 2.75) is 25.7 Å². The molecule has 2 nitrogen and oxygen atoms in total. The van der Waals surface area contributed by atoms with Crippen LogP contribution < -0.4 is 10.1 Å². The maximum Gasteiger partial charge on any atom is 0.416 e. The van der Waals surface area contributed by atoms with Crippen LogP contribution in [0.2, 0.25) is 0 Å². The molecule has 4 rings (SSSR count). The number of benzene rings is 4. The monoisotopic (exact) mass is 489 g/mol. The molecule has 0 radical (unpaired) electrons. The molecule has 1 N–H and O–H groups in total. The summed E-state index contributed by atoms with van der Waals surface area (Å²) < 4.78 is 58.6. The van der Waals surface area contributed by atoms with Crippen molar-refractivity contribution in [2.24, 2.45) is 0 Å².